The van der Waals surface area contributed by atoms with Gasteiger partial charge in [-0.2, -0.15) is 0 Å². The van der Waals surface area contributed by atoms with E-state index in [1.807, 2.05) is 0 Å². The first-order valence-corrected chi connectivity index (χ1v) is 8.65. The van der Waals surface area contributed by atoms with Gasteiger partial charge in [0.1, 0.15) is 0 Å². The second-order valence-electron chi connectivity index (χ2n) is 7.32. The average Bonchev–Trinajstić information content (AvgIpc) is 2.55. The summed E-state index contributed by atoms with van der Waals surface area (Å²) in [6.07, 6.45) is 1.79. The summed E-state index contributed by atoms with van der Waals surface area (Å²) in [5.74, 6) is -2.33. The van der Waals surface area contributed by atoms with Crippen molar-refractivity contribution in [2.24, 2.45) is 10.8 Å². The van der Waals surface area contributed by atoms with E-state index in [4.69, 9.17) is 28.4 Å². The molecule has 4 bridgehead atoms. The molecule has 6 nitrogen and oxygen atoms in total. The van der Waals surface area contributed by atoms with Crippen molar-refractivity contribution in [3.8, 4) is 0 Å². The zero-order valence-corrected chi connectivity index (χ0v) is 14.4. The second-order valence-corrected chi connectivity index (χ2v) is 7.88. The molecule has 0 aromatic heterocycles. The van der Waals surface area contributed by atoms with Gasteiger partial charge in [-0.25, -0.2) is 0 Å². The van der Waals surface area contributed by atoms with Gasteiger partial charge in [0.2, 0.25) is 0 Å². The smallest absolute Gasteiger partial charge is 0.308 e. The van der Waals surface area contributed by atoms with Crippen molar-refractivity contribution in [1.29, 1.82) is 0 Å². The molecule has 6 aliphatic heterocycles. The van der Waals surface area contributed by atoms with Crippen LogP contribution < -0.4 is 0 Å². The van der Waals surface area contributed by atoms with E-state index in [1.165, 1.54) is 0 Å². The lowest BCUT2D eigenvalue weighted by Crippen LogP contribution is -2.61. The van der Waals surface area contributed by atoms with Crippen molar-refractivity contribution in [2.45, 2.75) is 25.8 Å². The molecule has 0 N–H and O–H groups in total. The van der Waals surface area contributed by atoms with E-state index in [-0.39, 0.29) is 10.8 Å². The molecular formula is C15H21BrO6. The number of hydrogen-bond acceptors (Lipinski definition) is 6. The summed E-state index contributed by atoms with van der Waals surface area (Å²) in [5.41, 5.74) is 0.627. The minimum atomic E-state index is -1.16. The predicted octanol–water partition coefficient (Wildman–Crippen LogP) is 1.78. The molecule has 0 unspecified atom stereocenters. The van der Waals surface area contributed by atoms with Crippen LogP contribution in [-0.2, 0) is 28.4 Å². The fraction of sp³-hybridized carbons (Fsp3) is 0.867. The molecule has 0 aliphatic carbocycles. The van der Waals surface area contributed by atoms with Crippen LogP contribution in [0.4, 0.5) is 0 Å². The maximum absolute atomic E-state index is 5.87. The first-order chi connectivity index (χ1) is 10.4. The summed E-state index contributed by atoms with van der Waals surface area (Å²) in [5, 5.41) is 0.513. The number of alkyl halides is 1. The van der Waals surface area contributed by atoms with E-state index in [2.05, 4.69) is 29.8 Å². The zero-order chi connectivity index (χ0) is 15.5. The van der Waals surface area contributed by atoms with Gasteiger partial charge in [-0.3, -0.25) is 0 Å². The van der Waals surface area contributed by atoms with Crippen LogP contribution in [0.2, 0.25) is 0 Å². The third-order valence-corrected chi connectivity index (χ3v) is 5.19. The van der Waals surface area contributed by atoms with Gasteiger partial charge in [-0.15, -0.1) is 0 Å². The van der Waals surface area contributed by atoms with Gasteiger partial charge in [0.05, 0.1) is 39.6 Å². The standard InChI is InChI=1S/C15H21BrO6/c1-12-5-17-14(18-6-12,19-7-12)3-11(4-16)15-20-8-13(2,9-21-15)10-22-15/h3H,4-10H2,1-2H3/b11-3+. The highest BCUT2D eigenvalue weighted by Crippen LogP contribution is 2.45. The summed E-state index contributed by atoms with van der Waals surface area (Å²) < 4.78 is 35.0. The number of ether oxygens (including phenoxy) is 6. The normalized spacial score (nSPS) is 51.3. The Balaban J connectivity index is 1.60. The number of rotatable bonds is 3. The van der Waals surface area contributed by atoms with E-state index in [1.54, 1.807) is 6.08 Å². The first-order valence-electron chi connectivity index (χ1n) is 7.53. The monoisotopic (exact) mass is 376 g/mol. The van der Waals surface area contributed by atoms with E-state index in [0.717, 1.165) is 5.57 Å². The lowest BCUT2D eigenvalue weighted by Gasteiger charge is -2.52. The molecule has 0 amide bonds. The minimum Gasteiger partial charge on any atom is -0.323 e. The van der Waals surface area contributed by atoms with Gasteiger partial charge >= 0.3 is 11.9 Å². The van der Waals surface area contributed by atoms with Gasteiger partial charge in [-0.05, 0) is 0 Å². The molecule has 0 radical (unpaired) electrons. The maximum Gasteiger partial charge on any atom is 0.308 e. The SMILES string of the molecule is CC12COC(/C=C(\CBr)C34OCC(C)(CO3)CO4)(OC1)OC2. The Bertz CT molecular complexity index is 455. The van der Waals surface area contributed by atoms with Crippen LogP contribution in [0.15, 0.2) is 11.6 Å². The van der Waals surface area contributed by atoms with Crippen LogP contribution in [0, 0.1) is 10.8 Å². The maximum atomic E-state index is 5.87. The molecule has 6 aliphatic rings. The molecule has 6 fully saturated rings. The summed E-state index contributed by atoms with van der Waals surface area (Å²) >= 11 is 3.49. The van der Waals surface area contributed by atoms with Crippen molar-refractivity contribution < 1.29 is 28.4 Å². The van der Waals surface area contributed by atoms with Crippen LogP contribution in [0.1, 0.15) is 13.8 Å². The summed E-state index contributed by atoms with van der Waals surface area (Å²) in [4.78, 5) is 0. The van der Waals surface area contributed by atoms with Crippen LogP contribution in [0.5, 0.6) is 0 Å². The van der Waals surface area contributed by atoms with Crippen LogP contribution in [0.3, 0.4) is 0 Å². The van der Waals surface area contributed by atoms with Crippen LogP contribution >= 0.6 is 15.9 Å². The van der Waals surface area contributed by atoms with Crippen molar-refractivity contribution in [3.05, 3.63) is 11.6 Å². The second kappa shape index (κ2) is 4.99. The summed E-state index contributed by atoms with van der Waals surface area (Å²) in [7, 11) is 0. The lowest BCUT2D eigenvalue weighted by atomic mass is 9.90. The quantitative estimate of drug-likeness (QED) is 0.552. The van der Waals surface area contributed by atoms with Gasteiger partial charge in [-0.1, -0.05) is 29.8 Å². The van der Waals surface area contributed by atoms with Gasteiger partial charge < -0.3 is 28.4 Å². The Morgan fingerprint density at radius 3 is 1.64 bits per heavy atom. The Morgan fingerprint density at radius 1 is 0.818 bits per heavy atom. The Hall–Kier alpha value is -0.0200. The van der Waals surface area contributed by atoms with Crippen molar-refractivity contribution in [2.75, 3.05) is 45.0 Å². The van der Waals surface area contributed by atoms with Gasteiger partial charge in [0, 0.05) is 27.8 Å². The summed E-state index contributed by atoms with van der Waals surface area (Å²) in [6.45, 7) is 7.79. The molecule has 0 saturated carbocycles. The third-order valence-electron chi connectivity index (χ3n) is 4.59. The molecule has 6 saturated heterocycles. The van der Waals surface area contributed by atoms with Crippen LogP contribution in [-0.4, -0.2) is 56.9 Å². The Kier molecular flexibility index (Phi) is 3.51. The predicted molar refractivity (Wildman–Crippen MR) is 79.3 cm³/mol. The highest BCUT2D eigenvalue weighted by Gasteiger charge is 2.55. The van der Waals surface area contributed by atoms with E-state index in [0.29, 0.717) is 45.0 Å². The number of halogens is 1. The molecule has 0 spiro atoms. The molecular weight excluding hydrogens is 356 g/mol. The average molecular weight is 377 g/mol. The van der Waals surface area contributed by atoms with E-state index < -0.39 is 11.9 Å². The summed E-state index contributed by atoms with van der Waals surface area (Å²) in [6, 6.07) is 0. The fourth-order valence-electron chi connectivity index (χ4n) is 2.96. The molecule has 6 rings (SSSR count). The molecule has 0 aromatic rings. The largest absolute Gasteiger partial charge is 0.323 e. The third kappa shape index (κ3) is 2.38. The molecule has 0 atom stereocenters. The van der Waals surface area contributed by atoms with Crippen LogP contribution in [0.25, 0.3) is 0 Å². The fourth-order valence-corrected chi connectivity index (χ4v) is 3.46. The topological polar surface area (TPSA) is 55.4 Å². The first kappa shape index (κ1) is 15.5. The molecule has 22 heavy (non-hydrogen) atoms. The molecule has 124 valence electrons. The van der Waals surface area contributed by atoms with Crippen molar-refractivity contribution in [3.63, 3.8) is 0 Å². The Labute approximate surface area is 138 Å². The zero-order valence-electron chi connectivity index (χ0n) is 12.9. The lowest BCUT2D eigenvalue weighted by molar-refractivity contribution is -0.454. The van der Waals surface area contributed by atoms with E-state index in [9.17, 15) is 0 Å². The van der Waals surface area contributed by atoms with Gasteiger partial charge in [0.15, 0.2) is 0 Å². The number of hydrogen-bond donors (Lipinski definition) is 0. The van der Waals surface area contributed by atoms with Crippen molar-refractivity contribution in [1.82, 2.24) is 0 Å². The number of fused-ring (bicyclic) bond motifs is 6. The Morgan fingerprint density at radius 2 is 1.23 bits per heavy atom. The van der Waals surface area contributed by atoms with E-state index >= 15 is 0 Å². The highest BCUT2D eigenvalue weighted by molar-refractivity contribution is 9.09. The van der Waals surface area contributed by atoms with Crippen molar-refractivity contribution >= 4 is 15.9 Å². The van der Waals surface area contributed by atoms with Gasteiger partial charge in [0.25, 0.3) is 0 Å². The highest BCUT2D eigenvalue weighted by atomic mass is 79.9. The molecule has 0 aromatic carbocycles. The minimum absolute atomic E-state index is 0.0660. The molecule has 7 heteroatoms. The molecule has 6 heterocycles.